The number of aromatic nitrogens is 2. The first-order chi connectivity index (χ1) is 20.3. The van der Waals surface area contributed by atoms with Gasteiger partial charge in [-0.3, -0.25) is 4.57 Å². The summed E-state index contributed by atoms with van der Waals surface area (Å²) in [5, 5.41) is 0. The van der Waals surface area contributed by atoms with Crippen LogP contribution in [-0.4, -0.2) is 9.55 Å². The lowest BCUT2D eigenvalue weighted by Crippen LogP contribution is -2.14. The molecule has 0 bridgehead atoms. The number of benzene rings is 5. The minimum absolute atomic E-state index is 0.0619. The Morgan fingerprint density at radius 3 is 1.79 bits per heavy atom. The Balaban J connectivity index is 1.49. The molecule has 1 aliphatic rings. The van der Waals surface area contributed by atoms with E-state index in [0.717, 1.165) is 22.4 Å². The van der Waals surface area contributed by atoms with Crippen molar-refractivity contribution in [1.82, 2.24) is 9.55 Å². The summed E-state index contributed by atoms with van der Waals surface area (Å²) in [6.45, 7) is 13.9. The van der Waals surface area contributed by atoms with Gasteiger partial charge in [0.1, 0.15) is 5.82 Å². The number of imidazole rings is 1. The Kier molecular flexibility index (Phi) is 6.20. The largest absolute Gasteiger partial charge is 0.292 e. The van der Waals surface area contributed by atoms with Gasteiger partial charge in [-0.05, 0) is 80.6 Å². The normalized spacial score (nSPS) is 13.6. The monoisotopic (exact) mass is 546 g/mol. The summed E-state index contributed by atoms with van der Waals surface area (Å²) in [5.41, 5.74) is 15.1. The van der Waals surface area contributed by atoms with Gasteiger partial charge >= 0.3 is 0 Å². The van der Waals surface area contributed by atoms with Crippen molar-refractivity contribution < 1.29 is 0 Å². The van der Waals surface area contributed by atoms with Crippen LogP contribution in [0.5, 0.6) is 0 Å². The van der Waals surface area contributed by atoms with Gasteiger partial charge in [0.05, 0.1) is 16.7 Å². The summed E-state index contributed by atoms with van der Waals surface area (Å²) in [4.78, 5) is 5.31. The van der Waals surface area contributed by atoms with Gasteiger partial charge in [0.2, 0.25) is 0 Å². The van der Waals surface area contributed by atoms with E-state index in [1.54, 1.807) is 0 Å². The summed E-state index contributed by atoms with van der Waals surface area (Å²) in [5.74, 6) is 1.77. The van der Waals surface area contributed by atoms with E-state index >= 15 is 0 Å². The summed E-state index contributed by atoms with van der Waals surface area (Å²) in [6.07, 6.45) is 0. The molecule has 0 atom stereocenters. The summed E-state index contributed by atoms with van der Waals surface area (Å²) in [6, 6.07) is 40.1. The molecule has 0 amide bonds. The van der Waals surface area contributed by atoms with Crippen LogP contribution >= 0.6 is 0 Å². The first-order valence-corrected chi connectivity index (χ1v) is 15.2. The molecule has 208 valence electrons. The summed E-state index contributed by atoms with van der Waals surface area (Å²) >= 11 is 0. The lowest BCUT2D eigenvalue weighted by atomic mass is 9.82. The van der Waals surface area contributed by atoms with Gasteiger partial charge in [-0.1, -0.05) is 126 Å². The van der Waals surface area contributed by atoms with E-state index in [0.29, 0.717) is 11.8 Å². The fourth-order valence-corrected chi connectivity index (χ4v) is 6.93. The van der Waals surface area contributed by atoms with Gasteiger partial charge < -0.3 is 0 Å². The standard InChI is InChI=1S/C40H38N2/c1-25(2)30-15-12-16-31(26(3)4)38(30)42-37-18-11-10-17-36(37)41-39(42)29-20-22-35-33(24-29)32-23-28(27-13-8-7-9-14-27)19-21-34(32)40(35,5)6/h7-26H,1-6H3. The van der Waals surface area contributed by atoms with Gasteiger partial charge in [0.15, 0.2) is 0 Å². The van der Waals surface area contributed by atoms with Crippen LogP contribution in [0.1, 0.15) is 75.6 Å². The molecule has 6 aromatic rings. The van der Waals surface area contributed by atoms with E-state index in [1.807, 2.05) is 0 Å². The van der Waals surface area contributed by atoms with Crippen LogP contribution in [0.4, 0.5) is 0 Å². The maximum Gasteiger partial charge on any atom is 0.145 e. The van der Waals surface area contributed by atoms with Crippen LogP contribution in [0.2, 0.25) is 0 Å². The molecule has 0 unspecified atom stereocenters. The van der Waals surface area contributed by atoms with Gasteiger partial charge in [0.25, 0.3) is 0 Å². The van der Waals surface area contributed by atoms with Crippen LogP contribution in [0.15, 0.2) is 109 Å². The maximum atomic E-state index is 5.31. The second-order valence-corrected chi connectivity index (χ2v) is 12.9. The van der Waals surface area contributed by atoms with Crippen molar-refractivity contribution in [1.29, 1.82) is 0 Å². The zero-order chi connectivity index (χ0) is 29.2. The van der Waals surface area contributed by atoms with E-state index in [9.17, 15) is 0 Å². The second kappa shape index (κ2) is 9.84. The quantitative estimate of drug-likeness (QED) is 0.210. The Morgan fingerprint density at radius 1 is 0.571 bits per heavy atom. The molecule has 0 N–H and O–H groups in total. The number of hydrogen-bond donors (Lipinski definition) is 0. The Morgan fingerprint density at radius 2 is 1.14 bits per heavy atom. The molecule has 2 nitrogen and oxygen atoms in total. The third-order valence-electron chi connectivity index (χ3n) is 9.17. The highest BCUT2D eigenvalue weighted by atomic mass is 15.1. The predicted molar refractivity (Wildman–Crippen MR) is 178 cm³/mol. The third kappa shape index (κ3) is 4.04. The fraction of sp³-hybridized carbons (Fsp3) is 0.225. The van der Waals surface area contributed by atoms with Crippen molar-refractivity contribution in [2.45, 2.75) is 58.8 Å². The van der Waals surface area contributed by atoms with Crippen LogP contribution in [-0.2, 0) is 5.41 Å². The van der Waals surface area contributed by atoms with E-state index < -0.39 is 0 Å². The number of rotatable bonds is 5. The van der Waals surface area contributed by atoms with Crippen molar-refractivity contribution in [3.63, 3.8) is 0 Å². The topological polar surface area (TPSA) is 17.8 Å². The zero-order valence-corrected chi connectivity index (χ0v) is 25.4. The van der Waals surface area contributed by atoms with Crippen molar-refractivity contribution in [3.05, 3.63) is 131 Å². The summed E-state index contributed by atoms with van der Waals surface area (Å²) < 4.78 is 2.43. The number of nitrogens with zero attached hydrogens (tertiary/aromatic N) is 2. The molecular weight excluding hydrogens is 508 g/mol. The van der Waals surface area contributed by atoms with Gasteiger partial charge in [-0.15, -0.1) is 0 Å². The molecule has 42 heavy (non-hydrogen) atoms. The Hall–Kier alpha value is -4.43. The summed E-state index contributed by atoms with van der Waals surface area (Å²) in [7, 11) is 0. The highest BCUT2D eigenvalue weighted by molar-refractivity contribution is 5.89. The Labute approximate surface area is 249 Å². The molecule has 5 aromatic carbocycles. The van der Waals surface area contributed by atoms with E-state index in [1.165, 1.54) is 50.2 Å². The zero-order valence-electron chi connectivity index (χ0n) is 25.4. The Bertz CT molecular complexity index is 1930. The smallest absolute Gasteiger partial charge is 0.145 e. The van der Waals surface area contributed by atoms with Crippen molar-refractivity contribution in [2.75, 3.05) is 0 Å². The molecular formula is C40H38N2. The molecule has 0 fully saturated rings. The fourth-order valence-electron chi connectivity index (χ4n) is 6.93. The molecule has 0 saturated carbocycles. The maximum absolute atomic E-state index is 5.31. The highest BCUT2D eigenvalue weighted by Gasteiger charge is 2.36. The molecule has 1 aliphatic carbocycles. The minimum Gasteiger partial charge on any atom is -0.292 e. The first-order valence-electron chi connectivity index (χ1n) is 15.2. The molecule has 2 heteroatoms. The minimum atomic E-state index is -0.0619. The molecule has 1 aromatic heterocycles. The highest BCUT2D eigenvalue weighted by Crippen LogP contribution is 2.51. The molecule has 0 radical (unpaired) electrons. The van der Waals surface area contributed by atoms with E-state index in [4.69, 9.17) is 4.98 Å². The average Bonchev–Trinajstić information content (AvgIpc) is 3.49. The third-order valence-corrected chi connectivity index (χ3v) is 9.17. The lowest BCUT2D eigenvalue weighted by molar-refractivity contribution is 0.660. The molecule has 0 saturated heterocycles. The van der Waals surface area contributed by atoms with Gasteiger partial charge in [-0.25, -0.2) is 4.98 Å². The number of hydrogen-bond acceptors (Lipinski definition) is 1. The number of fused-ring (bicyclic) bond motifs is 4. The molecule has 1 heterocycles. The van der Waals surface area contributed by atoms with E-state index in [-0.39, 0.29) is 5.41 Å². The van der Waals surface area contributed by atoms with Crippen LogP contribution < -0.4 is 0 Å². The van der Waals surface area contributed by atoms with Crippen LogP contribution in [0.3, 0.4) is 0 Å². The average molecular weight is 547 g/mol. The first kappa shape index (κ1) is 26.5. The van der Waals surface area contributed by atoms with Crippen molar-refractivity contribution in [2.24, 2.45) is 0 Å². The van der Waals surface area contributed by atoms with Gasteiger partial charge in [-0.2, -0.15) is 0 Å². The van der Waals surface area contributed by atoms with Crippen molar-refractivity contribution >= 4 is 11.0 Å². The SMILES string of the molecule is CC(C)c1cccc(C(C)C)c1-n1c(-c2ccc3c(c2)-c2cc(-c4ccccc4)ccc2C3(C)C)nc2ccccc21. The number of para-hydroxylation sites is 3. The van der Waals surface area contributed by atoms with Crippen LogP contribution in [0.25, 0.3) is 50.4 Å². The predicted octanol–water partition coefficient (Wildman–Crippen LogP) is 10.9. The van der Waals surface area contributed by atoms with Gasteiger partial charge in [0, 0.05) is 11.0 Å². The molecule has 0 spiro atoms. The van der Waals surface area contributed by atoms with Crippen LogP contribution in [0, 0.1) is 0 Å². The molecule has 7 rings (SSSR count). The second-order valence-electron chi connectivity index (χ2n) is 12.9. The van der Waals surface area contributed by atoms with Crippen molar-refractivity contribution in [3.8, 4) is 39.3 Å². The lowest BCUT2D eigenvalue weighted by Gasteiger charge is -2.23. The van der Waals surface area contributed by atoms with E-state index in [2.05, 4.69) is 155 Å². The molecule has 0 aliphatic heterocycles.